The number of hydrogen-bond acceptors (Lipinski definition) is 3. The summed E-state index contributed by atoms with van der Waals surface area (Å²) in [6, 6.07) is 0. The standard InChI is InChI=1S/C7H15O2PS/c1-3-6-10(11)8-5-4-7(2)9-10/h7H,3-6H2,1-2H3. The second-order valence-corrected chi connectivity index (χ2v) is 6.68. The molecule has 0 aromatic rings. The predicted molar refractivity (Wildman–Crippen MR) is 50.6 cm³/mol. The molecular weight excluding hydrogens is 179 g/mol. The topological polar surface area (TPSA) is 18.5 Å². The van der Waals surface area contributed by atoms with E-state index >= 15 is 0 Å². The van der Waals surface area contributed by atoms with Crippen molar-refractivity contribution in [3.05, 3.63) is 0 Å². The van der Waals surface area contributed by atoms with Crippen LogP contribution in [0, 0.1) is 0 Å². The van der Waals surface area contributed by atoms with Crippen LogP contribution in [0.1, 0.15) is 26.7 Å². The van der Waals surface area contributed by atoms with Gasteiger partial charge < -0.3 is 9.05 Å². The lowest BCUT2D eigenvalue weighted by atomic mass is 10.3. The van der Waals surface area contributed by atoms with Gasteiger partial charge >= 0.3 is 0 Å². The van der Waals surface area contributed by atoms with E-state index in [0.29, 0.717) is 6.10 Å². The molecule has 1 fully saturated rings. The molecule has 0 aromatic carbocycles. The molecule has 0 spiro atoms. The average Bonchev–Trinajstić information content (AvgIpc) is 1.86. The molecule has 4 heteroatoms. The lowest BCUT2D eigenvalue weighted by Gasteiger charge is -2.30. The predicted octanol–water partition coefficient (Wildman–Crippen LogP) is 2.53. The Morgan fingerprint density at radius 2 is 2.36 bits per heavy atom. The molecule has 1 heterocycles. The summed E-state index contributed by atoms with van der Waals surface area (Å²) in [5.74, 6) is 0. The zero-order chi connectivity index (χ0) is 8.32. The molecule has 1 aliphatic heterocycles. The minimum Gasteiger partial charge on any atom is -0.329 e. The van der Waals surface area contributed by atoms with Crippen molar-refractivity contribution in [2.24, 2.45) is 0 Å². The maximum atomic E-state index is 5.62. The van der Waals surface area contributed by atoms with Crippen LogP contribution < -0.4 is 0 Å². The summed E-state index contributed by atoms with van der Waals surface area (Å²) in [6.07, 6.45) is 3.28. The molecule has 0 N–H and O–H groups in total. The van der Waals surface area contributed by atoms with E-state index in [-0.39, 0.29) is 0 Å². The van der Waals surface area contributed by atoms with E-state index in [2.05, 4.69) is 13.8 Å². The van der Waals surface area contributed by atoms with Crippen LogP contribution in [0.3, 0.4) is 0 Å². The summed E-state index contributed by atoms with van der Waals surface area (Å²) in [6.45, 7) is 3.13. The lowest BCUT2D eigenvalue weighted by Crippen LogP contribution is -2.18. The molecule has 0 amide bonds. The highest BCUT2D eigenvalue weighted by molar-refractivity contribution is 8.09. The van der Waals surface area contributed by atoms with E-state index in [4.69, 9.17) is 20.9 Å². The van der Waals surface area contributed by atoms with Crippen LogP contribution in [0.15, 0.2) is 0 Å². The highest BCUT2D eigenvalue weighted by Gasteiger charge is 2.25. The fourth-order valence-electron chi connectivity index (χ4n) is 1.11. The third-order valence-corrected chi connectivity index (χ3v) is 5.02. The van der Waals surface area contributed by atoms with Crippen molar-refractivity contribution >= 4 is 18.3 Å². The molecule has 2 nitrogen and oxygen atoms in total. The molecule has 1 aliphatic rings. The van der Waals surface area contributed by atoms with Crippen molar-refractivity contribution in [1.29, 1.82) is 0 Å². The van der Waals surface area contributed by atoms with Gasteiger partial charge in [0.15, 0.2) is 6.49 Å². The SMILES string of the molecule is CCCP1(=S)OCCC(C)O1. The van der Waals surface area contributed by atoms with E-state index in [0.717, 1.165) is 25.6 Å². The average molecular weight is 194 g/mol. The highest BCUT2D eigenvalue weighted by atomic mass is 32.5. The van der Waals surface area contributed by atoms with E-state index < -0.39 is 6.49 Å². The smallest absolute Gasteiger partial charge is 0.188 e. The Labute approximate surface area is 73.4 Å². The summed E-state index contributed by atoms with van der Waals surface area (Å²) >= 11 is 5.30. The molecular formula is C7H15O2PS. The van der Waals surface area contributed by atoms with Crippen LogP contribution in [0.2, 0.25) is 0 Å². The van der Waals surface area contributed by atoms with Gasteiger partial charge in [0, 0.05) is 6.16 Å². The van der Waals surface area contributed by atoms with Crippen LogP contribution in [0.25, 0.3) is 0 Å². The molecule has 1 rings (SSSR count). The third-order valence-electron chi connectivity index (χ3n) is 1.65. The van der Waals surface area contributed by atoms with Crippen molar-refractivity contribution < 1.29 is 9.05 Å². The Hall–Kier alpha value is 0.570. The van der Waals surface area contributed by atoms with Crippen LogP contribution >= 0.6 is 6.49 Å². The molecule has 2 atom stereocenters. The Morgan fingerprint density at radius 3 is 2.91 bits per heavy atom. The zero-order valence-electron chi connectivity index (χ0n) is 7.08. The van der Waals surface area contributed by atoms with Gasteiger partial charge in [0.1, 0.15) is 0 Å². The molecule has 0 aromatic heterocycles. The molecule has 66 valence electrons. The first-order chi connectivity index (χ1) is 5.16. The second-order valence-electron chi connectivity index (χ2n) is 2.87. The van der Waals surface area contributed by atoms with Crippen molar-refractivity contribution in [3.8, 4) is 0 Å². The van der Waals surface area contributed by atoms with Crippen LogP contribution in [0.4, 0.5) is 0 Å². The van der Waals surface area contributed by atoms with Gasteiger partial charge in [0.25, 0.3) is 0 Å². The maximum absolute atomic E-state index is 5.62. The molecule has 0 radical (unpaired) electrons. The summed E-state index contributed by atoms with van der Waals surface area (Å²) in [5.41, 5.74) is 0. The van der Waals surface area contributed by atoms with Crippen molar-refractivity contribution in [2.75, 3.05) is 12.8 Å². The van der Waals surface area contributed by atoms with Gasteiger partial charge in [-0.25, -0.2) is 0 Å². The van der Waals surface area contributed by atoms with Crippen molar-refractivity contribution in [1.82, 2.24) is 0 Å². The summed E-state index contributed by atoms with van der Waals surface area (Å²) < 4.78 is 11.1. The first kappa shape index (κ1) is 9.66. The van der Waals surface area contributed by atoms with Crippen LogP contribution in [-0.2, 0) is 20.9 Å². The normalized spacial score (nSPS) is 38.9. The quantitative estimate of drug-likeness (QED) is 0.629. The largest absolute Gasteiger partial charge is 0.329 e. The Balaban J connectivity index is 2.49. The molecule has 0 saturated carbocycles. The van der Waals surface area contributed by atoms with Crippen LogP contribution in [0.5, 0.6) is 0 Å². The molecule has 1 saturated heterocycles. The number of hydrogen-bond donors (Lipinski definition) is 0. The molecule has 11 heavy (non-hydrogen) atoms. The van der Waals surface area contributed by atoms with Crippen molar-refractivity contribution in [2.45, 2.75) is 32.8 Å². The van der Waals surface area contributed by atoms with Gasteiger partial charge in [-0.3, -0.25) is 0 Å². The second kappa shape index (κ2) is 3.99. The van der Waals surface area contributed by atoms with Gasteiger partial charge in [-0.15, -0.1) is 0 Å². The third kappa shape index (κ3) is 2.83. The Kier molecular flexibility index (Phi) is 3.51. The highest BCUT2D eigenvalue weighted by Crippen LogP contribution is 2.52. The zero-order valence-corrected chi connectivity index (χ0v) is 8.79. The van der Waals surface area contributed by atoms with Crippen molar-refractivity contribution in [3.63, 3.8) is 0 Å². The number of rotatable bonds is 2. The van der Waals surface area contributed by atoms with Gasteiger partial charge in [-0.05, 0) is 31.6 Å². The first-order valence-electron chi connectivity index (χ1n) is 4.08. The van der Waals surface area contributed by atoms with E-state index in [1.54, 1.807) is 0 Å². The molecule has 2 unspecified atom stereocenters. The first-order valence-corrected chi connectivity index (χ1v) is 6.90. The fraction of sp³-hybridized carbons (Fsp3) is 1.00. The van der Waals surface area contributed by atoms with Crippen LogP contribution in [-0.4, -0.2) is 18.9 Å². The van der Waals surface area contributed by atoms with E-state index in [1.165, 1.54) is 0 Å². The molecule has 0 aliphatic carbocycles. The van der Waals surface area contributed by atoms with Gasteiger partial charge in [0.2, 0.25) is 0 Å². The Bertz CT molecular complexity index is 166. The summed E-state index contributed by atoms with van der Waals surface area (Å²) in [7, 11) is 0. The van der Waals surface area contributed by atoms with E-state index in [1.807, 2.05) is 0 Å². The minimum absolute atomic E-state index is 0.307. The maximum Gasteiger partial charge on any atom is 0.188 e. The van der Waals surface area contributed by atoms with Gasteiger partial charge in [-0.1, -0.05) is 6.92 Å². The van der Waals surface area contributed by atoms with Gasteiger partial charge in [0.05, 0.1) is 12.7 Å². The minimum atomic E-state index is -1.84. The lowest BCUT2D eigenvalue weighted by molar-refractivity contribution is 0.118. The van der Waals surface area contributed by atoms with Gasteiger partial charge in [-0.2, -0.15) is 0 Å². The van der Waals surface area contributed by atoms with E-state index in [9.17, 15) is 0 Å². The monoisotopic (exact) mass is 194 g/mol. The Morgan fingerprint density at radius 1 is 1.64 bits per heavy atom. The fourth-order valence-corrected chi connectivity index (χ4v) is 4.20. The summed E-state index contributed by atoms with van der Waals surface area (Å²) in [5, 5.41) is 0. The summed E-state index contributed by atoms with van der Waals surface area (Å²) in [4.78, 5) is 0. The molecule has 0 bridgehead atoms.